The topological polar surface area (TPSA) is 67.9 Å². The number of hydrogen-bond acceptors (Lipinski definition) is 4. The van der Waals surface area contributed by atoms with E-state index in [9.17, 15) is 9.59 Å². The van der Waals surface area contributed by atoms with Gasteiger partial charge in [0.05, 0.1) is 24.3 Å². The minimum absolute atomic E-state index is 0.120. The first-order chi connectivity index (χ1) is 19.9. The molecule has 8 heteroatoms. The summed E-state index contributed by atoms with van der Waals surface area (Å²) in [5, 5.41) is 4.12. The first kappa shape index (κ1) is 30.7. The van der Waals surface area contributed by atoms with Gasteiger partial charge in [-0.05, 0) is 60.2 Å². The number of nitrogens with zero attached hydrogens (tertiary/aromatic N) is 1. The predicted molar refractivity (Wildman–Crippen MR) is 164 cm³/mol. The van der Waals surface area contributed by atoms with Crippen molar-refractivity contribution in [1.29, 1.82) is 0 Å². The molecular formula is C33H38Cl2N2O4. The molecule has 3 aromatic rings. The van der Waals surface area contributed by atoms with Crippen LogP contribution in [-0.4, -0.2) is 43.0 Å². The summed E-state index contributed by atoms with van der Waals surface area (Å²) in [6.45, 7) is 0.233. The molecule has 6 nitrogen and oxygen atoms in total. The van der Waals surface area contributed by atoms with E-state index in [0.717, 1.165) is 42.4 Å². The predicted octanol–water partition coefficient (Wildman–Crippen LogP) is 7.03. The highest BCUT2D eigenvalue weighted by Crippen LogP contribution is 2.29. The van der Waals surface area contributed by atoms with Gasteiger partial charge in [-0.1, -0.05) is 84.9 Å². The molecule has 1 atom stereocenters. The minimum atomic E-state index is -0.688. The summed E-state index contributed by atoms with van der Waals surface area (Å²) in [5.41, 5.74) is 2.74. The monoisotopic (exact) mass is 596 g/mol. The zero-order valence-corrected chi connectivity index (χ0v) is 25.2. The van der Waals surface area contributed by atoms with Crippen LogP contribution in [0.2, 0.25) is 10.0 Å². The number of nitrogens with one attached hydrogen (secondary N) is 1. The Morgan fingerprint density at radius 3 is 2.24 bits per heavy atom. The standard InChI is InChI=1S/C33H38Cl2N2O4/c1-40-30-17-14-24(21-31(30)41-2)15-18-32(38)37(22-25-13-16-27(34)28(35)19-25)29(20-23-9-5-3-6-10-23)33(39)36-26-11-7-4-8-12-26/h3,5-6,9-10,13-14,16-17,19,21,26,29H,4,7-8,11-12,15,18,20,22H2,1-2H3,(H,36,39)/t29-/m0/s1. The molecule has 1 aliphatic carbocycles. The Morgan fingerprint density at radius 2 is 1.56 bits per heavy atom. The highest BCUT2D eigenvalue weighted by atomic mass is 35.5. The summed E-state index contributed by atoms with van der Waals surface area (Å²) in [5.74, 6) is 0.996. The average Bonchev–Trinajstić information content (AvgIpc) is 3.00. The third-order valence-electron chi connectivity index (χ3n) is 7.64. The van der Waals surface area contributed by atoms with Gasteiger partial charge in [-0.25, -0.2) is 0 Å². The van der Waals surface area contributed by atoms with E-state index >= 15 is 0 Å². The average molecular weight is 598 g/mol. The number of methoxy groups -OCH3 is 2. The van der Waals surface area contributed by atoms with E-state index in [0.29, 0.717) is 34.4 Å². The van der Waals surface area contributed by atoms with E-state index < -0.39 is 6.04 Å². The van der Waals surface area contributed by atoms with Crippen LogP contribution in [0, 0.1) is 0 Å². The lowest BCUT2D eigenvalue weighted by Gasteiger charge is -2.33. The summed E-state index contributed by atoms with van der Waals surface area (Å²) in [7, 11) is 3.18. The van der Waals surface area contributed by atoms with Crippen LogP contribution in [0.5, 0.6) is 11.5 Å². The van der Waals surface area contributed by atoms with Crippen molar-refractivity contribution < 1.29 is 19.1 Å². The maximum absolute atomic E-state index is 14.0. The molecule has 1 N–H and O–H groups in total. The summed E-state index contributed by atoms with van der Waals surface area (Å²) in [6, 6.07) is 20.2. The van der Waals surface area contributed by atoms with Crippen molar-refractivity contribution in [3.8, 4) is 11.5 Å². The smallest absolute Gasteiger partial charge is 0.243 e. The summed E-state index contributed by atoms with van der Waals surface area (Å²) in [6.07, 6.45) is 6.43. The highest BCUT2D eigenvalue weighted by Gasteiger charge is 2.32. The highest BCUT2D eigenvalue weighted by molar-refractivity contribution is 6.42. The molecule has 0 heterocycles. The van der Waals surface area contributed by atoms with Crippen molar-refractivity contribution in [3.63, 3.8) is 0 Å². The van der Waals surface area contributed by atoms with E-state index in [1.165, 1.54) is 6.42 Å². The van der Waals surface area contributed by atoms with Crippen molar-refractivity contribution in [2.24, 2.45) is 0 Å². The van der Waals surface area contributed by atoms with Gasteiger partial charge in [0.1, 0.15) is 6.04 Å². The zero-order valence-electron chi connectivity index (χ0n) is 23.7. The number of ether oxygens (including phenoxy) is 2. The number of hydrogen-bond donors (Lipinski definition) is 1. The summed E-state index contributed by atoms with van der Waals surface area (Å²) in [4.78, 5) is 29.6. The van der Waals surface area contributed by atoms with Gasteiger partial charge in [-0.2, -0.15) is 0 Å². The molecule has 0 aromatic heterocycles. The number of aryl methyl sites for hydroxylation is 1. The molecule has 0 saturated heterocycles. The lowest BCUT2D eigenvalue weighted by molar-refractivity contribution is -0.141. The molecule has 1 fully saturated rings. The number of rotatable bonds is 12. The number of amides is 2. The van der Waals surface area contributed by atoms with Crippen molar-refractivity contribution in [2.45, 2.75) is 70.0 Å². The van der Waals surface area contributed by atoms with Gasteiger partial charge in [0.2, 0.25) is 11.8 Å². The summed E-state index contributed by atoms with van der Waals surface area (Å²) >= 11 is 12.5. The van der Waals surface area contributed by atoms with E-state index in [2.05, 4.69) is 5.32 Å². The SMILES string of the molecule is COc1ccc(CCC(=O)N(Cc2ccc(Cl)c(Cl)c2)[C@@H](Cc2ccccc2)C(=O)NC2CCCCC2)cc1OC. The van der Waals surface area contributed by atoms with E-state index in [4.69, 9.17) is 32.7 Å². The van der Waals surface area contributed by atoms with Crippen LogP contribution in [0.3, 0.4) is 0 Å². The van der Waals surface area contributed by atoms with Crippen molar-refractivity contribution in [3.05, 3.63) is 93.5 Å². The van der Waals surface area contributed by atoms with E-state index in [-0.39, 0.29) is 30.8 Å². The molecule has 4 rings (SSSR count). The maximum atomic E-state index is 14.0. The van der Waals surface area contributed by atoms with Crippen molar-refractivity contribution in [2.75, 3.05) is 14.2 Å². The van der Waals surface area contributed by atoms with Crippen molar-refractivity contribution in [1.82, 2.24) is 10.2 Å². The van der Waals surface area contributed by atoms with Crippen LogP contribution >= 0.6 is 23.2 Å². The Balaban J connectivity index is 1.62. The fourth-order valence-electron chi connectivity index (χ4n) is 5.36. The second kappa shape index (κ2) is 15.1. The Hall–Kier alpha value is -3.22. The van der Waals surface area contributed by atoms with E-state index in [1.807, 2.05) is 54.6 Å². The van der Waals surface area contributed by atoms with Crippen LogP contribution in [-0.2, 0) is 29.0 Å². The minimum Gasteiger partial charge on any atom is -0.493 e. The molecule has 218 valence electrons. The summed E-state index contributed by atoms with van der Waals surface area (Å²) < 4.78 is 10.8. The largest absolute Gasteiger partial charge is 0.493 e. The van der Waals surface area contributed by atoms with Crippen LogP contribution < -0.4 is 14.8 Å². The molecule has 1 aliphatic rings. The molecule has 3 aromatic carbocycles. The Bertz CT molecular complexity index is 1310. The van der Waals surface area contributed by atoms with Gasteiger partial charge < -0.3 is 19.7 Å². The zero-order chi connectivity index (χ0) is 29.2. The first-order valence-corrected chi connectivity index (χ1v) is 14.9. The molecule has 41 heavy (non-hydrogen) atoms. The molecule has 0 spiro atoms. The van der Waals surface area contributed by atoms with Crippen molar-refractivity contribution >= 4 is 35.0 Å². The Labute approximate surface area is 252 Å². The maximum Gasteiger partial charge on any atom is 0.243 e. The molecule has 0 aliphatic heterocycles. The lowest BCUT2D eigenvalue weighted by Crippen LogP contribution is -2.52. The number of carbonyl (C=O) groups is 2. The number of carbonyl (C=O) groups excluding carboxylic acids is 2. The Morgan fingerprint density at radius 1 is 0.854 bits per heavy atom. The lowest BCUT2D eigenvalue weighted by atomic mass is 9.94. The van der Waals surface area contributed by atoms with Gasteiger partial charge in [0.25, 0.3) is 0 Å². The normalized spacial score (nSPS) is 14.2. The third kappa shape index (κ3) is 8.64. The van der Waals surface area contributed by atoms with Gasteiger partial charge >= 0.3 is 0 Å². The fraction of sp³-hybridized carbons (Fsp3) is 0.394. The second-order valence-corrected chi connectivity index (χ2v) is 11.3. The molecule has 2 amide bonds. The molecule has 0 unspecified atom stereocenters. The number of benzene rings is 3. The molecular weight excluding hydrogens is 559 g/mol. The van der Waals surface area contributed by atoms with Crippen LogP contribution in [0.1, 0.15) is 55.2 Å². The van der Waals surface area contributed by atoms with Gasteiger partial charge in [0.15, 0.2) is 11.5 Å². The molecule has 0 bridgehead atoms. The molecule has 1 saturated carbocycles. The second-order valence-electron chi connectivity index (χ2n) is 10.5. The van der Waals surface area contributed by atoms with Crippen LogP contribution in [0.25, 0.3) is 0 Å². The number of halogens is 2. The van der Waals surface area contributed by atoms with Crippen LogP contribution in [0.15, 0.2) is 66.7 Å². The van der Waals surface area contributed by atoms with Crippen LogP contribution in [0.4, 0.5) is 0 Å². The van der Waals surface area contributed by atoms with Gasteiger partial charge in [-0.15, -0.1) is 0 Å². The quantitative estimate of drug-likeness (QED) is 0.244. The van der Waals surface area contributed by atoms with Gasteiger partial charge in [0, 0.05) is 25.4 Å². The van der Waals surface area contributed by atoms with Gasteiger partial charge in [-0.3, -0.25) is 9.59 Å². The third-order valence-corrected chi connectivity index (χ3v) is 8.37. The molecule has 0 radical (unpaired) electrons. The fourth-order valence-corrected chi connectivity index (χ4v) is 5.68. The van der Waals surface area contributed by atoms with E-state index in [1.54, 1.807) is 31.3 Å². The Kier molecular flexibility index (Phi) is 11.3. The first-order valence-electron chi connectivity index (χ1n) is 14.2.